The fraction of sp³-hybridized carbons (Fsp3) is 0.323. The third kappa shape index (κ3) is 6.28. The van der Waals surface area contributed by atoms with E-state index in [1.165, 1.54) is 5.56 Å². The molecule has 0 saturated heterocycles. The lowest BCUT2D eigenvalue weighted by Gasteiger charge is -2.13. The number of aromatic nitrogens is 2. The molecule has 1 aromatic heterocycles. The third-order valence-corrected chi connectivity index (χ3v) is 6.29. The highest BCUT2D eigenvalue weighted by molar-refractivity contribution is 5.75. The minimum Gasteiger partial charge on any atom is -0.493 e. The van der Waals surface area contributed by atoms with E-state index in [-0.39, 0.29) is 0 Å². The Balaban J connectivity index is 1.36. The Morgan fingerprint density at radius 1 is 0.944 bits per heavy atom. The number of ether oxygens (including phenoxy) is 3. The normalized spacial score (nSPS) is 11.1. The Bertz CT molecular complexity index is 1270. The highest BCUT2D eigenvalue weighted by Gasteiger charge is 2.12. The topological polar surface area (TPSA) is 45.5 Å². The van der Waals surface area contributed by atoms with Gasteiger partial charge in [0.05, 0.1) is 24.8 Å². The molecule has 0 amide bonds. The number of rotatable bonds is 13. The Morgan fingerprint density at radius 2 is 1.75 bits per heavy atom. The number of nitrogens with zero attached hydrogens (tertiary/aromatic N) is 2. The average Bonchev–Trinajstić information content (AvgIpc) is 3.25. The van der Waals surface area contributed by atoms with Gasteiger partial charge in [-0.1, -0.05) is 50.3 Å². The van der Waals surface area contributed by atoms with Gasteiger partial charge in [-0.3, -0.25) is 0 Å². The van der Waals surface area contributed by atoms with E-state index >= 15 is 0 Å². The van der Waals surface area contributed by atoms with E-state index in [1.807, 2.05) is 36.4 Å². The molecule has 4 rings (SSSR count). The standard InChI is InChI=1S/C31H36N2O3/c1-5-10-24-13-18-29(30(21-24)34-4)35-20-9-8-19-33-28-12-7-6-11-27(28)32-31(33)22-36-26-16-14-25(15-17-26)23(2)3/h5-7,11-18,21,23H,1,8-10,19-20,22H2,2-4H3. The van der Waals surface area contributed by atoms with Gasteiger partial charge in [0.25, 0.3) is 0 Å². The maximum atomic E-state index is 6.11. The van der Waals surface area contributed by atoms with Gasteiger partial charge in [0.1, 0.15) is 18.2 Å². The van der Waals surface area contributed by atoms with E-state index in [2.05, 4.69) is 61.4 Å². The van der Waals surface area contributed by atoms with Crippen LogP contribution in [-0.4, -0.2) is 23.3 Å². The van der Waals surface area contributed by atoms with Crippen LogP contribution in [0.4, 0.5) is 0 Å². The van der Waals surface area contributed by atoms with Crippen molar-refractivity contribution < 1.29 is 14.2 Å². The van der Waals surface area contributed by atoms with Crippen molar-refractivity contribution in [3.8, 4) is 17.2 Å². The Labute approximate surface area is 214 Å². The van der Waals surface area contributed by atoms with Gasteiger partial charge in [0.15, 0.2) is 11.5 Å². The summed E-state index contributed by atoms with van der Waals surface area (Å²) in [5, 5.41) is 0. The second kappa shape index (κ2) is 12.3. The van der Waals surface area contributed by atoms with Crippen LogP contribution in [-0.2, 0) is 19.6 Å². The largest absolute Gasteiger partial charge is 0.493 e. The first kappa shape index (κ1) is 25.4. The molecule has 0 fully saturated rings. The first-order valence-electron chi connectivity index (χ1n) is 12.7. The van der Waals surface area contributed by atoms with Crippen molar-refractivity contribution in [2.45, 2.75) is 52.2 Å². The maximum Gasteiger partial charge on any atom is 0.161 e. The van der Waals surface area contributed by atoms with E-state index in [4.69, 9.17) is 19.2 Å². The highest BCUT2D eigenvalue weighted by atomic mass is 16.5. The zero-order chi connectivity index (χ0) is 25.3. The van der Waals surface area contributed by atoms with Crippen LogP contribution < -0.4 is 14.2 Å². The Kier molecular flexibility index (Phi) is 8.66. The summed E-state index contributed by atoms with van der Waals surface area (Å²) in [6.45, 7) is 10.1. The molecule has 0 atom stereocenters. The van der Waals surface area contributed by atoms with Crippen molar-refractivity contribution in [1.29, 1.82) is 0 Å². The molecule has 188 valence electrons. The van der Waals surface area contributed by atoms with Gasteiger partial charge in [-0.05, 0) is 72.7 Å². The summed E-state index contributed by atoms with van der Waals surface area (Å²) in [4.78, 5) is 4.85. The van der Waals surface area contributed by atoms with Crippen molar-refractivity contribution in [2.24, 2.45) is 0 Å². The molecule has 5 heteroatoms. The first-order chi connectivity index (χ1) is 17.6. The summed E-state index contributed by atoms with van der Waals surface area (Å²) < 4.78 is 19.9. The highest BCUT2D eigenvalue weighted by Crippen LogP contribution is 2.29. The molecule has 0 radical (unpaired) electrons. The molecule has 0 spiro atoms. The number of fused-ring (bicyclic) bond motifs is 1. The molecular formula is C31H36N2O3. The number of benzene rings is 3. The number of unbranched alkanes of at least 4 members (excludes halogenated alkanes) is 1. The summed E-state index contributed by atoms with van der Waals surface area (Å²) in [6.07, 6.45) is 4.58. The van der Waals surface area contributed by atoms with Crippen molar-refractivity contribution in [3.63, 3.8) is 0 Å². The predicted molar refractivity (Wildman–Crippen MR) is 146 cm³/mol. The third-order valence-electron chi connectivity index (χ3n) is 6.29. The number of allylic oxidation sites excluding steroid dienone is 1. The number of aryl methyl sites for hydroxylation is 1. The lowest BCUT2D eigenvalue weighted by molar-refractivity contribution is 0.278. The van der Waals surface area contributed by atoms with Gasteiger partial charge in [-0.15, -0.1) is 6.58 Å². The molecule has 3 aromatic carbocycles. The van der Waals surface area contributed by atoms with Crippen LogP contribution in [0.2, 0.25) is 0 Å². The van der Waals surface area contributed by atoms with E-state index in [0.29, 0.717) is 19.1 Å². The molecular weight excluding hydrogens is 448 g/mol. The lowest BCUT2D eigenvalue weighted by atomic mass is 10.0. The van der Waals surface area contributed by atoms with Crippen molar-refractivity contribution in [3.05, 3.63) is 96.3 Å². The summed E-state index contributed by atoms with van der Waals surface area (Å²) >= 11 is 0. The second-order valence-corrected chi connectivity index (χ2v) is 9.21. The molecule has 0 aliphatic heterocycles. The molecule has 1 heterocycles. The summed E-state index contributed by atoms with van der Waals surface area (Å²) in [6, 6.07) is 22.6. The van der Waals surface area contributed by atoms with Crippen LogP contribution in [0.15, 0.2) is 79.4 Å². The molecule has 0 aliphatic rings. The van der Waals surface area contributed by atoms with Crippen molar-refractivity contribution in [2.75, 3.05) is 13.7 Å². The first-order valence-corrected chi connectivity index (χ1v) is 12.7. The van der Waals surface area contributed by atoms with Crippen LogP contribution in [0.1, 0.15) is 49.6 Å². The minimum atomic E-state index is 0.431. The van der Waals surface area contributed by atoms with Gasteiger partial charge in [0, 0.05) is 6.54 Å². The van der Waals surface area contributed by atoms with Gasteiger partial charge in [0.2, 0.25) is 0 Å². The molecule has 0 unspecified atom stereocenters. The summed E-state index contributed by atoms with van der Waals surface area (Å²) in [7, 11) is 1.67. The minimum absolute atomic E-state index is 0.431. The fourth-order valence-electron chi connectivity index (χ4n) is 4.26. The van der Waals surface area contributed by atoms with E-state index in [0.717, 1.165) is 65.5 Å². The van der Waals surface area contributed by atoms with Crippen LogP contribution >= 0.6 is 0 Å². The van der Waals surface area contributed by atoms with Crippen LogP contribution in [0, 0.1) is 0 Å². The zero-order valence-electron chi connectivity index (χ0n) is 21.6. The lowest BCUT2D eigenvalue weighted by Crippen LogP contribution is -2.09. The number of hydrogen-bond donors (Lipinski definition) is 0. The second-order valence-electron chi connectivity index (χ2n) is 9.21. The number of imidazole rings is 1. The zero-order valence-corrected chi connectivity index (χ0v) is 21.6. The number of para-hydroxylation sites is 2. The van der Waals surface area contributed by atoms with Crippen LogP contribution in [0.25, 0.3) is 11.0 Å². The number of methoxy groups -OCH3 is 1. The molecule has 0 bridgehead atoms. The smallest absolute Gasteiger partial charge is 0.161 e. The van der Waals surface area contributed by atoms with Gasteiger partial charge in [-0.2, -0.15) is 0 Å². The average molecular weight is 485 g/mol. The quantitative estimate of drug-likeness (QED) is 0.147. The summed E-state index contributed by atoms with van der Waals surface area (Å²) in [5.41, 5.74) is 4.59. The van der Waals surface area contributed by atoms with E-state index in [1.54, 1.807) is 7.11 Å². The van der Waals surface area contributed by atoms with E-state index < -0.39 is 0 Å². The number of hydrogen-bond acceptors (Lipinski definition) is 4. The van der Waals surface area contributed by atoms with Crippen LogP contribution in [0.5, 0.6) is 17.2 Å². The SMILES string of the molecule is C=CCc1ccc(OCCCCn2c(COc3ccc(C(C)C)cc3)nc3ccccc32)c(OC)c1. The van der Waals surface area contributed by atoms with Crippen LogP contribution in [0.3, 0.4) is 0 Å². The van der Waals surface area contributed by atoms with Gasteiger partial charge < -0.3 is 18.8 Å². The summed E-state index contributed by atoms with van der Waals surface area (Å²) in [5.74, 6) is 3.83. The molecule has 0 saturated carbocycles. The Morgan fingerprint density at radius 3 is 2.50 bits per heavy atom. The van der Waals surface area contributed by atoms with E-state index in [9.17, 15) is 0 Å². The van der Waals surface area contributed by atoms with Gasteiger partial charge in [-0.25, -0.2) is 4.98 Å². The molecule has 36 heavy (non-hydrogen) atoms. The van der Waals surface area contributed by atoms with Crippen molar-refractivity contribution >= 4 is 11.0 Å². The predicted octanol–water partition coefficient (Wildman–Crippen LogP) is 7.34. The maximum absolute atomic E-state index is 6.11. The van der Waals surface area contributed by atoms with Gasteiger partial charge >= 0.3 is 0 Å². The van der Waals surface area contributed by atoms with Crippen molar-refractivity contribution in [1.82, 2.24) is 9.55 Å². The molecule has 4 aromatic rings. The molecule has 5 nitrogen and oxygen atoms in total. The fourth-order valence-corrected chi connectivity index (χ4v) is 4.26. The molecule has 0 aliphatic carbocycles. The molecule has 0 N–H and O–H groups in total. The Hall–Kier alpha value is -3.73. The monoisotopic (exact) mass is 484 g/mol.